The molecule has 1 N–H and O–H groups in total. The highest BCUT2D eigenvalue weighted by Gasteiger charge is 2.20. The molecule has 0 saturated carbocycles. The summed E-state index contributed by atoms with van der Waals surface area (Å²) in [6, 6.07) is 4.81. The summed E-state index contributed by atoms with van der Waals surface area (Å²) in [6.07, 6.45) is 2.40. The quantitative estimate of drug-likeness (QED) is 0.815. The first kappa shape index (κ1) is 17.2. The Morgan fingerprint density at radius 1 is 0.950 bits per heavy atom. The molecular formula is C19H33N. The van der Waals surface area contributed by atoms with Crippen LogP contribution in [0.25, 0.3) is 0 Å². The Morgan fingerprint density at radius 3 is 2.05 bits per heavy atom. The van der Waals surface area contributed by atoms with Crippen LogP contribution in [0.4, 0.5) is 0 Å². The van der Waals surface area contributed by atoms with E-state index in [1.165, 1.54) is 35.1 Å². The molecule has 0 saturated heterocycles. The Balaban J connectivity index is 2.91. The lowest BCUT2D eigenvalue weighted by Crippen LogP contribution is -2.27. The molecule has 0 unspecified atom stereocenters. The van der Waals surface area contributed by atoms with E-state index in [2.05, 4.69) is 65.9 Å². The minimum Gasteiger partial charge on any atom is -0.319 e. The average molecular weight is 275 g/mol. The van der Waals surface area contributed by atoms with Gasteiger partial charge in [0.2, 0.25) is 0 Å². The lowest BCUT2D eigenvalue weighted by molar-refractivity contribution is 0.324. The van der Waals surface area contributed by atoms with E-state index in [0.717, 1.165) is 6.54 Å². The standard InChI is InChI=1S/C19H33N/c1-14-12-17(18(3,4)5)15(2)11-16(14)9-10-19(6,7)13-20-8/h11-12,20H,9-10,13H2,1-8H3. The molecule has 0 fully saturated rings. The smallest absolute Gasteiger partial charge is 0.0000373 e. The molecule has 1 aromatic rings. The number of aryl methyl sites for hydroxylation is 3. The Hall–Kier alpha value is -0.820. The Morgan fingerprint density at radius 2 is 1.55 bits per heavy atom. The first-order valence-corrected chi connectivity index (χ1v) is 7.82. The van der Waals surface area contributed by atoms with Gasteiger partial charge in [-0.05, 0) is 73.4 Å². The summed E-state index contributed by atoms with van der Waals surface area (Å²) in [5, 5.41) is 3.30. The lowest BCUT2D eigenvalue weighted by atomic mass is 9.80. The summed E-state index contributed by atoms with van der Waals surface area (Å²) >= 11 is 0. The van der Waals surface area contributed by atoms with Gasteiger partial charge in [0.25, 0.3) is 0 Å². The van der Waals surface area contributed by atoms with E-state index in [1.54, 1.807) is 0 Å². The van der Waals surface area contributed by atoms with Gasteiger partial charge < -0.3 is 5.32 Å². The minimum atomic E-state index is 0.235. The van der Waals surface area contributed by atoms with Crippen LogP contribution in [0.5, 0.6) is 0 Å². The number of hydrogen-bond acceptors (Lipinski definition) is 1. The SMILES string of the molecule is CNCC(C)(C)CCc1cc(C)c(C(C)(C)C)cc1C. The summed E-state index contributed by atoms with van der Waals surface area (Å²) in [5.74, 6) is 0. The molecule has 1 rings (SSSR count). The zero-order valence-corrected chi connectivity index (χ0v) is 14.8. The van der Waals surface area contributed by atoms with Gasteiger partial charge in [0.1, 0.15) is 0 Å². The molecule has 0 radical (unpaired) electrons. The highest BCUT2D eigenvalue weighted by Crippen LogP contribution is 2.30. The second kappa shape index (κ2) is 6.30. The van der Waals surface area contributed by atoms with Gasteiger partial charge in [-0.15, -0.1) is 0 Å². The lowest BCUT2D eigenvalue weighted by Gasteiger charge is -2.26. The van der Waals surface area contributed by atoms with Crippen LogP contribution >= 0.6 is 0 Å². The Bertz CT molecular complexity index is 450. The topological polar surface area (TPSA) is 12.0 Å². The third kappa shape index (κ3) is 4.63. The van der Waals surface area contributed by atoms with Gasteiger partial charge in [-0.2, -0.15) is 0 Å². The second-order valence-electron chi connectivity index (χ2n) is 8.04. The van der Waals surface area contributed by atoms with Crippen molar-refractivity contribution in [3.63, 3.8) is 0 Å². The van der Waals surface area contributed by atoms with Crippen LogP contribution in [0.3, 0.4) is 0 Å². The molecule has 0 amide bonds. The van der Waals surface area contributed by atoms with Crippen LogP contribution in [0.15, 0.2) is 12.1 Å². The number of nitrogens with one attached hydrogen (secondary N) is 1. The summed E-state index contributed by atoms with van der Waals surface area (Å²) in [5.41, 5.74) is 6.47. The van der Waals surface area contributed by atoms with Gasteiger partial charge in [0.15, 0.2) is 0 Å². The number of rotatable bonds is 5. The molecule has 0 heterocycles. The van der Waals surface area contributed by atoms with Crippen LogP contribution in [0.2, 0.25) is 0 Å². The molecule has 0 aliphatic heterocycles. The van der Waals surface area contributed by atoms with Crippen molar-refractivity contribution >= 4 is 0 Å². The van der Waals surface area contributed by atoms with Crippen LogP contribution in [0.1, 0.15) is 63.3 Å². The van der Waals surface area contributed by atoms with Crippen molar-refractivity contribution in [1.29, 1.82) is 0 Å². The largest absolute Gasteiger partial charge is 0.319 e. The monoisotopic (exact) mass is 275 g/mol. The van der Waals surface area contributed by atoms with Crippen molar-refractivity contribution in [2.24, 2.45) is 5.41 Å². The first-order valence-electron chi connectivity index (χ1n) is 7.82. The summed E-state index contributed by atoms with van der Waals surface area (Å²) in [4.78, 5) is 0. The number of benzene rings is 1. The van der Waals surface area contributed by atoms with Crippen LogP contribution < -0.4 is 5.32 Å². The molecule has 1 aromatic carbocycles. The van der Waals surface area contributed by atoms with Crippen molar-refractivity contribution < 1.29 is 0 Å². The third-order valence-corrected chi connectivity index (χ3v) is 4.22. The average Bonchev–Trinajstić information content (AvgIpc) is 2.28. The van der Waals surface area contributed by atoms with Crippen LogP contribution in [0, 0.1) is 19.3 Å². The van der Waals surface area contributed by atoms with E-state index in [1.807, 2.05) is 7.05 Å². The molecule has 114 valence electrons. The second-order valence-corrected chi connectivity index (χ2v) is 8.04. The molecular weight excluding hydrogens is 242 g/mol. The van der Waals surface area contributed by atoms with Gasteiger partial charge in [-0.1, -0.05) is 46.8 Å². The molecule has 0 spiro atoms. The van der Waals surface area contributed by atoms with E-state index in [4.69, 9.17) is 0 Å². The van der Waals surface area contributed by atoms with E-state index in [9.17, 15) is 0 Å². The maximum absolute atomic E-state index is 3.30. The fourth-order valence-electron chi connectivity index (χ4n) is 2.99. The van der Waals surface area contributed by atoms with Crippen LogP contribution in [-0.4, -0.2) is 13.6 Å². The molecule has 0 aliphatic carbocycles. The normalized spacial score (nSPS) is 12.8. The van der Waals surface area contributed by atoms with Crippen molar-refractivity contribution in [3.05, 3.63) is 34.4 Å². The predicted octanol–water partition coefficient (Wildman–Crippen LogP) is 4.78. The number of hydrogen-bond donors (Lipinski definition) is 1. The molecule has 0 aromatic heterocycles. The van der Waals surface area contributed by atoms with Gasteiger partial charge in [0.05, 0.1) is 0 Å². The van der Waals surface area contributed by atoms with Crippen LogP contribution in [-0.2, 0) is 11.8 Å². The summed E-state index contributed by atoms with van der Waals surface area (Å²) in [7, 11) is 2.04. The molecule has 20 heavy (non-hydrogen) atoms. The summed E-state index contributed by atoms with van der Waals surface area (Å²) in [6.45, 7) is 17.2. The maximum Gasteiger partial charge on any atom is -0.0000373 e. The Labute approximate surface area is 126 Å². The highest BCUT2D eigenvalue weighted by molar-refractivity contribution is 5.40. The van der Waals surface area contributed by atoms with Gasteiger partial charge in [0, 0.05) is 0 Å². The van der Waals surface area contributed by atoms with Crippen molar-refractivity contribution in [3.8, 4) is 0 Å². The molecule has 0 bridgehead atoms. The Kier molecular flexibility index (Phi) is 5.43. The van der Waals surface area contributed by atoms with E-state index < -0.39 is 0 Å². The maximum atomic E-state index is 3.30. The molecule has 1 heteroatoms. The van der Waals surface area contributed by atoms with Gasteiger partial charge >= 0.3 is 0 Å². The van der Waals surface area contributed by atoms with Gasteiger partial charge in [-0.3, -0.25) is 0 Å². The van der Waals surface area contributed by atoms with Gasteiger partial charge in [-0.25, -0.2) is 0 Å². The first-order chi connectivity index (χ1) is 9.07. The van der Waals surface area contributed by atoms with Crippen molar-refractivity contribution in [2.75, 3.05) is 13.6 Å². The fraction of sp³-hybridized carbons (Fsp3) is 0.684. The fourth-order valence-corrected chi connectivity index (χ4v) is 2.99. The zero-order chi connectivity index (χ0) is 15.6. The van der Waals surface area contributed by atoms with E-state index >= 15 is 0 Å². The molecule has 0 aliphatic rings. The predicted molar refractivity (Wildman–Crippen MR) is 90.6 cm³/mol. The van der Waals surface area contributed by atoms with E-state index in [-0.39, 0.29) is 5.41 Å². The third-order valence-electron chi connectivity index (χ3n) is 4.22. The summed E-state index contributed by atoms with van der Waals surface area (Å²) < 4.78 is 0. The van der Waals surface area contributed by atoms with Crippen molar-refractivity contribution in [1.82, 2.24) is 5.32 Å². The molecule has 0 atom stereocenters. The zero-order valence-electron chi connectivity index (χ0n) is 14.8. The highest BCUT2D eigenvalue weighted by atomic mass is 14.8. The molecule has 1 nitrogen and oxygen atoms in total. The van der Waals surface area contributed by atoms with Crippen molar-refractivity contribution in [2.45, 2.75) is 66.7 Å². The minimum absolute atomic E-state index is 0.235. The van der Waals surface area contributed by atoms with E-state index in [0.29, 0.717) is 5.41 Å².